The molecule has 0 saturated carbocycles. The van der Waals surface area contributed by atoms with E-state index in [9.17, 15) is 4.39 Å². The van der Waals surface area contributed by atoms with Crippen LogP contribution in [0.4, 0.5) is 4.39 Å². The molecule has 28 heavy (non-hydrogen) atoms. The number of pyridine rings is 1. The molecule has 152 valence electrons. The second kappa shape index (κ2) is 10.9. The number of nitrogens with one attached hydrogen (secondary N) is 1. The van der Waals surface area contributed by atoms with Crippen LogP contribution in [0.25, 0.3) is 0 Å². The van der Waals surface area contributed by atoms with Crippen LogP contribution in [0, 0.1) is 5.82 Å². The number of morpholine rings is 1. The lowest BCUT2D eigenvalue weighted by Gasteiger charge is -2.38. The maximum absolute atomic E-state index is 13.2. The zero-order valence-corrected chi connectivity index (χ0v) is 19.0. The summed E-state index contributed by atoms with van der Waals surface area (Å²) >= 11 is 5.84. The van der Waals surface area contributed by atoms with Gasteiger partial charge in [0.25, 0.3) is 0 Å². The molecule has 1 fully saturated rings. The van der Waals surface area contributed by atoms with Gasteiger partial charge in [-0.2, -0.15) is 0 Å². The van der Waals surface area contributed by atoms with E-state index in [0.717, 1.165) is 30.2 Å². The Bertz CT molecular complexity index is 773. The molecule has 1 aliphatic heterocycles. The summed E-state index contributed by atoms with van der Waals surface area (Å²) in [6.07, 6.45) is 1.64. The molecule has 1 aliphatic rings. The van der Waals surface area contributed by atoms with Crippen LogP contribution >= 0.6 is 35.6 Å². The van der Waals surface area contributed by atoms with Crippen LogP contribution in [0.3, 0.4) is 0 Å². The van der Waals surface area contributed by atoms with Crippen molar-refractivity contribution in [1.82, 2.24) is 15.2 Å². The van der Waals surface area contributed by atoms with Crippen molar-refractivity contribution in [3.63, 3.8) is 0 Å². The maximum Gasteiger partial charge on any atom is 0.194 e. The molecule has 2 aromatic rings. The second-order valence-electron chi connectivity index (χ2n) is 6.55. The molecule has 3 rings (SSSR count). The molecule has 2 atom stereocenters. The van der Waals surface area contributed by atoms with Gasteiger partial charge >= 0.3 is 0 Å². The summed E-state index contributed by atoms with van der Waals surface area (Å²) in [4.78, 5) is 11.0. The van der Waals surface area contributed by atoms with Gasteiger partial charge in [-0.25, -0.2) is 14.4 Å². The predicted molar refractivity (Wildman–Crippen MR) is 121 cm³/mol. The molecule has 8 heteroatoms. The second-order valence-corrected chi connectivity index (χ2v) is 6.94. The Kier molecular flexibility index (Phi) is 8.91. The van der Waals surface area contributed by atoms with E-state index < -0.39 is 0 Å². The van der Waals surface area contributed by atoms with Crippen LogP contribution in [0.15, 0.2) is 47.6 Å². The normalized spacial score (nSPS) is 19.9. The van der Waals surface area contributed by atoms with Gasteiger partial charge in [0.15, 0.2) is 5.96 Å². The lowest BCUT2D eigenvalue weighted by molar-refractivity contribution is -0.0605. The molecule has 2 unspecified atom stereocenters. The van der Waals surface area contributed by atoms with Crippen molar-refractivity contribution in [1.29, 1.82) is 0 Å². The number of benzene rings is 1. The number of aliphatic imine (C=N–C) groups is 1. The number of aromatic nitrogens is 1. The molecule has 1 aromatic carbocycles. The van der Waals surface area contributed by atoms with Gasteiger partial charge in [0.05, 0.1) is 19.2 Å². The molecule has 1 N–H and O–H groups in total. The summed E-state index contributed by atoms with van der Waals surface area (Å²) < 4.78 is 19.3. The fourth-order valence-electron chi connectivity index (χ4n) is 3.08. The highest BCUT2D eigenvalue weighted by Gasteiger charge is 2.28. The lowest BCUT2D eigenvalue weighted by Crippen LogP contribution is -2.50. The first kappa shape index (κ1) is 22.8. The van der Waals surface area contributed by atoms with Gasteiger partial charge in [-0.1, -0.05) is 29.8 Å². The van der Waals surface area contributed by atoms with Gasteiger partial charge in [-0.15, -0.1) is 24.0 Å². The number of ether oxygens (including phenoxy) is 1. The van der Waals surface area contributed by atoms with Crippen molar-refractivity contribution in [3.8, 4) is 0 Å². The summed E-state index contributed by atoms with van der Waals surface area (Å²) in [5.74, 6) is 0.584. The minimum atomic E-state index is -0.245. The standard InChI is InChI=1S/C20H24ClFN4O.HI/c1-3-23-20(25-11-15-4-9-19(21)24-10-15)26-12-14(2)27-18(13-26)16-5-7-17(22)8-6-16;/h4-10,14,18H,3,11-13H2,1-2H3,(H,23,25);1H. The SMILES string of the molecule is CCNC(=NCc1ccc(Cl)nc1)N1CC(C)OC(c2ccc(F)cc2)C1.I. The highest BCUT2D eigenvalue weighted by atomic mass is 127. The largest absolute Gasteiger partial charge is 0.367 e. The van der Waals surface area contributed by atoms with Crippen LogP contribution in [-0.4, -0.2) is 41.6 Å². The third-order valence-electron chi connectivity index (χ3n) is 4.34. The fourth-order valence-corrected chi connectivity index (χ4v) is 3.19. The van der Waals surface area contributed by atoms with Crippen LogP contribution in [0.5, 0.6) is 0 Å². The molecule has 1 aromatic heterocycles. The average molecular weight is 519 g/mol. The van der Waals surface area contributed by atoms with E-state index >= 15 is 0 Å². The summed E-state index contributed by atoms with van der Waals surface area (Å²) in [6.45, 7) is 6.75. The Morgan fingerprint density at radius 2 is 2.04 bits per heavy atom. The van der Waals surface area contributed by atoms with Gasteiger partial charge in [0.2, 0.25) is 0 Å². The Morgan fingerprint density at radius 3 is 2.68 bits per heavy atom. The zero-order valence-electron chi connectivity index (χ0n) is 15.9. The first-order valence-corrected chi connectivity index (χ1v) is 9.47. The molecule has 5 nitrogen and oxygen atoms in total. The molecule has 1 saturated heterocycles. The van der Waals surface area contributed by atoms with Gasteiger partial charge in [-0.3, -0.25) is 0 Å². The topological polar surface area (TPSA) is 49.8 Å². The predicted octanol–water partition coefficient (Wildman–Crippen LogP) is 4.42. The summed E-state index contributed by atoms with van der Waals surface area (Å²) in [5.41, 5.74) is 1.96. The van der Waals surface area contributed by atoms with Crippen LogP contribution < -0.4 is 5.32 Å². The van der Waals surface area contributed by atoms with E-state index in [1.54, 1.807) is 24.4 Å². The van der Waals surface area contributed by atoms with Crippen molar-refractivity contribution in [2.24, 2.45) is 4.99 Å². The Hall–Kier alpha value is -1.45. The van der Waals surface area contributed by atoms with Gasteiger partial charge in [-0.05, 0) is 43.2 Å². The van der Waals surface area contributed by atoms with Gasteiger partial charge in [0.1, 0.15) is 17.1 Å². The minimum absolute atomic E-state index is 0. The maximum atomic E-state index is 13.2. The number of guanidine groups is 1. The van der Waals surface area contributed by atoms with Crippen LogP contribution in [-0.2, 0) is 11.3 Å². The molecule has 0 radical (unpaired) electrons. The van der Waals surface area contributed by atoms with Crippen LogP contribution in [0.2, 0.25) is 5.15 Å². The summed E-state index contributed by atoms with van der Waals surface area (Å²) in [7, 11) is 0. The van der Waals surface area contributed by atoms with E-state index in [1.807, 2.05) is 19.9 Å². The number of nitrogens with zero attached hydrogens (tertiary/aromatic N) is 3. The highest BCUT2D eigenvalue weighted by molar-refractivity contribution is 14.0. The van der Waals surface area contributed by atoms with Crippen molar-refractivity contribution in [3.05, 3.63) is 64.7 Å². The number of rotatable bonds is 4. The van der Waals surface area contributed by atoms with Crippen molar-refractivity contribution >= 4 is 41.5 Å². The van der Waals surface area contributed by atoms with Crippen molar-refractivity contribution in [2.45, 2.75) is 32.6 Å². The van der Waals surface area contributed by atoms with Crippen LogP contribution in [0.1, 0.15) is 31.1 Å². The van der Waals surface area contributed by atoms with Crippen molar-refractivity contribution < 1.29 is 9.13 Å². The Morgan fingerprint density at radius 1 is 1.29 bits per heavy atom. The first-order chi connectivity index (χ1) is 13.0. The third-order valence-corrected chi connectivity index (χ3v) is 4.56. The fraction of sp³-hybridized carbons (Fsp3) is 0.400. The molecule has 0 spiro atoms. The van der Waals surface area contributed by atoms with Gasteiger partial charge < -0.3 is 15.0 Å². The van der Waals surface area contributed by atoms with Crippen molar-refractivity contribution in [2.75, 3.05) is 19.6 Å². The summed E-state index contributed by atoms with van der Waals surface area (Å²) in [6, 6.07) is 10.2. The minimum Gasteiger partial charge on any atom is -0.367 e. The Balaban J connectivity index is 0.00000280. The third kappa shape index (κ3) is 6.28. The number of hydrogen-bond donors (Lipinski definition) is 1. The lowest BCUT2D eigenvalue weighted by atomic mass is 10.1. The number of hydrogen-bond acceptors (Lipinski definition) is 3. The van der Waals surface area contributed by atoms with E-state index in [0.29, 0.717) is 18.2 Å². The molecule has 0 aliphatic carbocycles. The first-order valence-electron chi connectivity index (χ1n) is 9.09. The van der Waals surface area contributed by atoms with Gasteiger partial charge in [0, 0.05) is 19.3 Å². The Labute approximate surface area is 187 Å². The molecule has 0 bridgehead atoms. The quantitative estimate of drug-likeness (QED) is 0.282. The van der Waals surface area contributed by atoms with E-state index in [1.165, 1.54) is 12.1 Å². The zero-order chi connectivity index (χ0) is 19.2. The highest BCUT2D eigenvalue weighted by Crippen LogP contribution is 2.25. The number of halogens is 3. The molecular formula is C20H25ClFIN4O. The monoisotopic (exact) mass is 518 g/mol. The average Bonchev–Trinajstić information content (AvgIpc) is 2.66. The molecular weight excluding hydrogens is 494 g/mol. The van der Waals surface area contributed by atoms with E-state index in [2.05, 4.69) is 15.2 Å². The summed E-state index contributed by atoms with van der Waals surface area (Å²) in [5, 5.41) is 3.82. The molecule has 0 amide bonds. The molecule has 2 heterocycles. The smallest absolute Gasteiger partial charge is 0.194 e. The van der Waals surface area contributed by atoms with E-state index in [4.69, 9.17) is 21.3 Å². The van der Waals surface area contributed by atoms with E-state index in [-0.39, 0.29) is 42.0 Å².